The van der Waals surface area contributed by atoms with Crippen molar-refractivity contribution < 1.29 is 37.6 Å². The Morgan fingerprint density at radius 2 is 1.14 bits per heavy atom. The quantitative estimate of drug-likeness (QED) is 0.0702. The third kappa shape index (κ3) is 11.2. The molecule has 0 bridgehead atoms. The van der Waals surface area contributed by atoms with Gasteiger partial charge in [-0.15, -0.1) is 0 Å². The van der Waals surface area contributed by atoms with Gasteiger partial charge in [-0.1, -0.05) is 11.6 Å². The molecule has 340 valence electrons. The maximum atomic E-state index is 14.5. The summed E-state index contributed by atoms with van der Waals surface area (Å²) in [7, 11) is 3.21. The van der Waals surface area contributed by atoms with Gasteiger partial charge in [0.1, 0.15) is 17.8 Å². The topological polar surface area (TPSA) is 156 Å². The van der Waals surface area contributed by atoms with E-state index in [-0.39, 0.29) is 17.4 Å². The lowest BCUT2D eigenvalue weighted by Crippen LogP contribution is -2.21. The Hall–Kier alpha value is -6.49. The van der Waals surface area contributed by atoms with Crippen molar-refractivity contribution in [1.82, 2.24) is 39.7 Å². The second-order valence-electron chi connectivity index (χ2n) is 15.7. The summed E-state index contributed by atoms with van der Waals surface area (Å²) < 4.78 is 55.9. The first-order valence-electron chi connectivity index (χ1n) is 21.7. The first-order valence-corrected chi connectivity index (χ1v) is 22.1. The first kappa shape index (κ1) is 45.1. The van der Waals surface area contributed by atoms with Gasteiger partial charge in [0.2, 0.25) is 5.88 Å². The van der Waals surface area contributed by atoms with Gasteiger partial charge in [-0.05, 0) is 101 Å². The molecule has 0 radical (unpaired) electrons. The number of nitrogens with zero attached hydrogens (tertiary/aromatic N) is 6. The van der Waals surface area contributed by atoms with Crippen molar-refractivity contribution in [3.05, 3.63) is 102 Å². The Morgan fingerprint density at radius 1 is 0.615 bits per heavy atom. The number of hydrogen-bond donors (Lipinski definition) is 3. The lowest BCUT2D eigenvalue weighted by molar-refractivity contribution is 0.254. The number of fused-ring (bicyclic) bond motifs is 4. The number of ether oxygens (including phenoxy) is 5. The molecule has 0 saturated carbocycles. The third-order valence-corrected chi connectivity index (χ3v) is 11.6. The minimum absolute atomic E-state index is 0.0957. The molecule has 2 fully saturated rings. The second-order valence-corrected chi connectivity index (χ2v) is 16.1. The number of methoxy groups -OCH3 is 2. The van der Waals surface area contributed by atoms with E-state index in [0.29, 0.717) is 63.3 Å². The van der Waals surface area contributed by atoms with E-state index >= 15 is 0 Å². The van der Waals surface area contributed by atoms with Crippen LogP contribution in [0.5, 0.6) is 40.4 Å². The summed E-state index contributed by atoms with van der Waals surface area (Å²) in [5, 5.41) is 12.4. The molecule has 0 spiro atoms. The Balaban J connectivity index is 0.000000150. The van der Waals surface area contributed by atoms with Gasteiger partial charge >= 0.3 is 0 Å². The van der Waals surface area contributed by atoms with Crippen molar-refractivity contribution >= 4 is 55.2 Å². The Kier molecular flexibility index (Phi) is 14.9. The predicted molar refractivity (Wildman–Crippen MR) is 247 cm³/mol. The van der Waals surface area contributed by atoms with Crippen LogP contribution in [0.15, 0.2) is 85.7 Å². The number of hydrogen-bond acceptors (Lipinski definition) is 12. The van der Waals surface area contributed by atoms with E-state index in [1.165, 1.54) is 82.7 Å². The minimum atomic E-state index is -0.597. The van der Waals surface area contributed by atoms with Crippen molar-refractivity contribution in [3.8, 4) is 40.4 Å². The summed E-state index contributed by atoms with van der Waals surface area (Å²) in [5.74, 6) is 1.50. The van der Waals surface area contributed by atoms with Crippen LogP contribution in [0.3, 0.4) is 0 Å². The highest BCUT2D eigenvalue weighted by Gasteiger charge is 2.17. The van der Waals surface area contributed by atoms with Gasteiger partial charge in [0, 0.05) is 76.9 Å². The van der Waals surface area contributed by atoms with Crippen molar-refractivity contribution in [2.75, 3.05) is 66.7 Å². The van der Waals surface area contributed by atoms with Crippen molar-refractivity contribution in [2.24, 2.45) is 0 Å². The van der Waals surface area contributed by atoms with Crippen LogP contribution in [-0.2, 0) is 0 Å². The van der Waals surface area contributed by atoms with Crippen LogP contribution in [0.2, 0.25) is 5.15 Å². The average molecular weight is 909 g/mol. The number of aromatic hydroxyl groups is 1. The molecule has 4 aromatic carbocycles. The molecule has 2 aliphatic heterocycles. The number of phenols is 1. The fourth-order valence-electron chi connectivity index (χ4n) is 7.95. The van der Waals surface area contributed by atoms with Crippen LogP contribution >= 0.6 is 11.6 Å². The van der Waals surface area contributed by atoms with Gasteiger partial charge in [-0.25, -0.2) is 28.7 Å². The molecule has 8 aromatic rings. The van der Waals surface area contributed by atoms with Gasteiger partial charge in [0.25, 0.3) is 0 Å². The highest BCUT2D eigenvalue weighted by atomic mass is 35.5. The summed E-state index contributed by atoms with van der Waals surface area (Å²) >= 11 is 6.08. The van der Waals surface area contributed by atoms with Crippen LogP contribution in [0, 0.1) is 11.6 Å². The van der Waals surface area contributed by atoms with E-state index in [1.807, 2.05) is 24.3 Å². The fraction of sp³-hybridized carbons (Fsp3) is 0.333. The van der Waals surface area contributed by atoms with E-state index in [0.717, 1.165) is 47.6 Å². The molecule has 2 saturated heterocycles. The Morgan fingerprint density at radius 3 is 1.72 bits per heavy atom. The summed E-state index contributed by atoms with van der Waals surface area (Å²) in [6.07, 6.45) is 13.5. The zero-order valence-corrected chi connectivity index (χ0v) is 37.0. The average Bonchev–Trinajstić information content (AvgIpc) is 4.18. The Bertz CT molecular complexity index is 2810. The second kappa shape index (κ2) is 21.5. The largest absolute Gasteiger partial charge is 0.505 e. The number of benzene rings is 4. The number of likely N-dealkylation sites (tertiary alicyclic amines) is 2. The Labute approximate surface area is 379 Å². The third-order valence-electron chi connectivity index (χ3n) is 11.3. The van der Waals surface area contributed by atoms with E-state index in [1.54, 1.807) is 44.8 Å². The standard InChI is InChI=1S/C24H25FN4O3.C16H20ClN3O2.C8H6FNO/c1-30-22-12-17-20(14-23(22)31-10-4-9-29-7-2-3-8-29)27-15-28-24(17)32-21-11-16-5-6-26-19(16)13-18(21)25;1-21-14-9-12-13(18-11-19-16(12)17)10-15(14)22-8-4-7-20-5-2-3-6-20;9-6-4-7-5(1-2-10-7)3-8(6)11/h5-6,11-15,26H,2-4,7-10H2,1H3;9-11H,2-8H2,1H3;1-4,10-11H. The number of H-pyrrole nitrogens is 2. The monoisotopic (exact) mass is 908 g/mol. The van der Waals surface area contributed by atoms with E-state index in [9.17, 15) is 8.78 Å². The highest BCUT2D eigenvalue weighted by molar-refractivity contribution is 6.34. The van der Waals surface area contributed by atoms with E-state index in [2.05, 4.69) is 39.7 Å². The lowest BCUT2D eigenvalue weighted by Gasteiger charge is -2.16. The maximum absolute atomic E-state index is 14.5. The fourth-order valence-corrected chi connectivity index (χ4v) is 8.14. The summed E-state index contributed by atoms with van der Waals surface area (Å²) in [4.78, 5) is 27.5. The number of halogens is 3. The van der Waals surface area contributed by atoms with Crippen molar-refractivity contribution in [3.63, 3.8) is 0 Å². The highest BCUT2D eigenvalue weighted by Crippen LogP contribution is 2.38. The van der Waals surface area contributed by atoms with Gasteiger partial charge in [-0.2, -0.15) is 0 Å². The first-order chi connectivity index (χ1) is 31.8. The molecule has 17 heteroatoms. The lowest BCUT2D eigenvalue weighted by atomic mass is 10.2. The number of rotatable bonds is 14. The molecular formula is C48H51ClF2N8O6. The molecule has 65 heavy (non-hydrogen) atoms. The van der Waals surface area contributed by atoms with Gasteiger partial charge < -0.3 is 48.6 Å². The number of aromatic amines is 2. The number of phenolic OH excluding ortho intramolecular Hbond substituents is 1. The molecule has 6 heterocycles. The molecule has 4 aromatic heterocycles. The van der Waals surface area contributed by atoms with Crippen LogP contribution in [0.1, 0.15) is 38.5 Å². The molecular weight excluding hydrogens is 858 g/mol. The van der Waals surface area contributed by atoms with Gasteiger partial charge in [0.15, 0.2) is 46.1 Å². The molecule has 0 atom stereocenters. The summed E-state index contributed by atoms with van der Waals surface area (Å²) in [6.45, 7) is 8.17. The van der Waals surface area contributed by atoms with Crippen LogP contribution in [0.25, 0.3) is 43.6 Å². The van der Waals surface area contributed by atoms with Gasteiger partial charge in [0.05, 0.1) is 43.9 Å². The molecule has 14 nitrogen and oxygen atoms in total. The summed E-state index contributed by atoms with van der Waals surface area (Å²) in [6, 6.07) is 16.6. The number of aromatic nitrogens is 6. The van der Waals surface area contributed by atoms with Crippen molar-refractivity contribution in [1.29, 1.82) is 0 Å². The maximum Gasteiger partial charge on any atom is 0.230 e. The number of nitrogens with one attached hydrogen (secondary N) is 2. The summed E-state index contributed by atoms with van der Waals surface area (Å²) in [5.41, 5.74) is 2.79. The SMILES string of the molecule is COc1cc2c(Cl)ncnc2cc1OCCCN1CCCC1.COc1cc2c(Oc3cc4cc[nH]c4cc3F)ncnc2cc1OCCCN1CCCC1.Oc1cc2cc[nH]c2cc1F. The molecule has 3 N–H and O–H groups in total. The minimum Gasteiger partial charge on any atom is -0.505 e. The van der Waals surface area contributed by atoms with Crippen LogP contribution < -0.4 is 23.7 Å². The molecule has 0 amide bonds. The van der Waals surface area contributed by atoms with Crippen LogP contribution in [0.4, 0.5) is 8.78 Å². The van der Waals surface area contributed by atoms with Crippen molar-refractivity contribution in [2.45, 2.75) is 38.5 Å². The predicted octanol–water partition coefficient (Wildman–Crippen LogP) is 10.1. The smallest absolute Gasteiger partial charge is 0.230 e. The molecule has 0 unspecified atom stereocenters. The molecule has 10 rings (SSSR count). The molecule has 2 aliphatic rings. The van der Waals surface area contributed by atoms with Gasteiger partial charge in [-0.3, -0.25) is 0 Å². The zero-order valence-electron chi connectivity index (χ0n) is 36.3. The van der Waals surface area contributed by atoms with E-state index < -0.39 is 11.6 Å². The normalized spacial score (nSPS) is 14.0. The zero-order chi connectivity index (χ0) is 45.1. The van der Waals surface area contributed by atoms with E-state index in [4.69, 9.17) is 40.4 Å². The van der Waals surface area contributed by atoms with Crippen LogP contribution in [-0.4, -0.2) is 112 Å². The molecule has 0 aliphatic carbocycles.